The zero-order valence-electron chi connectivity index (χ0n) is 12.3. The van der Waals surface area contributed by atoms with E-state index in [1.807, 2.05) is 30.3 Å². The van der Waals surface area contributed by atoms with Crippen molar-refractivity contribution in [3.05, 3.63) is 36.1 Å². The minimum absolute atomic E-state index is 0.0719. The van der Waals surface area contributed by atoms with E-state index in [0.717, 1.165) is 23.2 Å². The maximum atomic E-state index is 11.9. The highest BCUT2D eigenvalue weighted by Crippen LogP contribution is 2.44. The van der Waals surface area contributed by atoms with Crippen LogP contribution in [0.15, 0.2) is 34.7 Å². The summed E-state index contributed by atoms with van der Waals surface area (Å²) in [6.45, 7) is 0.453. The van der Waals surface area contributed by atoms with Gasteiger partial charge in [-0.05, 0) is 25.0 Å². The smallest absolute Gasteiger partial charge is 0.310 e. The van der Waals surface area contributed by atoms with Crippen LogP contribution in [0.5, 0.6) is 0 Å². The molecule has 116 valence electrons. The van der Waals surface area contributed by atoms with Crippen LogP contribution in [-0.2, 0) is 16.0 Å². The fraction of sp³-hybridized carbons (Fsp3) is 0.412. The van der Waals surface area contributed by atoms with Crippen molar-refractivity contribution >= 4 is 22.8 Å². The molecular formula is C17H19NO4. The molecule has 0 saturated heterocycles. The van der Waals surface area contributed by atoms with Gasteiger partial charge in [0.1, 0.15) is 11.3 Å². The number of fused-ring (bicyclic) bond motifs is 1. The number of carboxylic acids is 1. The van der Waals surface area contributed by atoms with Gasteiger partial charge in [0.15, 0.2) is 0 Å². The van der Waals surface area contributed by atoms with E-state index in [2.05, 4.69) is 5.32 Å². The summed E-state index contributed by atoms with van der Waals surface area (Å²) < 4.78 is 5.68. The Balaban J connectivity index is 1.50. The van der Waals surface area contributed by atoms with E-state index in [-0.39, 0.29) is 12.3 Å². The van der Waals surface area contributed by atoms with E-state index in [0.29, 0.717) is 25.8 Å². The van der Waals surface area contributed by atoms with Crippen LogP contribution in [0.1, 0.15) is 31.4 Å². The predicted molar refractivity (Wildman–Crippen MR) is 81.5 cm³/mol. The normalized spacial score (nSPS) is 16.2. The molecule has 0 aliphatic heterocycles. The maximum absolute atomic E-state index is 11.9. The molecular weight excluding hydrogens is 282 g/mol. The maximum Gasteiger partial charge on any atom is 0.310 e. The van der Waals surface area contributed by atoms with E-state index in [1.54, 1.807) is 0 Å². The van der Waals surface area contributed by atoms with Gasteiger partial charge < -0.3 is 14.8 Å². The van der Waals surface area contributed by atoms with Gasteiger partial charge in [0.05, 0.1) is 5.41 Å². The van der Waals surface area contributed by atoms with E-state index in [1.165, 1.54) is 0 Å². The summed E-state index contributed by atoms with van der Waals surface area (Å²) >= 11 is 0. The molecule has 5 nitrogen and oxygen atoms in total. The van der Waals surface area contributed by atoms with Gasteiger partial charge in [-0.2, -0.15) is 0 Å². The first kappa shape index (κ1) is 14.6. The zero-order chi connectivity index (χ0) is 15.6. The molecule has 22 heavy (non-hydrogen) atoms. The number of aliphatic carboxylic acids is 1. The molecule has 1 aromatic carbocycles. The Bertz CT molecular complexity index is 667. The van der Waals surface area contributed by atoms with Crippen LogP contribution < -0.4 is 5.32 Å². The monoisotopic (exact) mass is 301 g/mol. The van der Waals surface area contributed by atoms with Crippen molar-refractivity contribution in [2.75, 3.05) is 6.54 Å². The van der Waals surface area contributed by atoms with Crippen molar-refractivity contribution in [3.8, 4) is 0 Å². The first-order chi connectivity index (χ1) is 10.6. The van der Waals surface area contributed by atoms with E-state index < -0.39 is 11.4 Å². The van der Waals surface area contributed by atoms with Crippen LogP contribution in [0.3, 0.4) is 0 Å². The Labute approximate surface area is 128 Å². The molecule has 5 heteroatoms. The molecule has 0 radical (unpaired) electrons. The summed E-state index contributed by atoms with van der Waals surface area (Å²) in [6, 6.07) is 9.72. The number of carboxylic acid groups (broad SMARTS) is 1. The van der Waals surface area contributed by atoms with Crippen molar-refractivity contribution in [1.29, 1.82) is 0 Å². The quantitative estimate of drug-likeness (QED) is 0.859. The van der Waals surface area contributed by atoms with Crippen molar-refractivity contribution in [1.82, 2.24) is 5.32 Å². The lowest BCUT2D eigenvalue weighted by atomic mass is 9.66. The number of hydrogen-bond acceptors (Lipinski definition) is 3. The standard InChI is InChI=1S/C17H19NO4/c19-15(11-17(16(20)21)7-3-8-17)18-9-6-13-10-12-4-1-2-5-14(12)22-13/h1-2,4-5,10H,3,6-9,11H2,(H,18,19)(H,20,21). The molecule has 1 saturated carbocycles. The lowest BCUT2D eigenvalue weighted by molar-refractivity contribution is -0.157. The van der Waals surface area contributed by atoms with Crippen LogP contribution in [0, 0.1) is 5.41 Å². The van der Waals surface area contributed by atoms with Crippen molar-refractivity contribution < 1.29 is 19.1 Å². The average Bonchev–Trinajstić information content (AvgIpc) is 2.85. The number of hydrogen-bond donors (Lipinski definition) is 2. The number of benzene rings is 1. The molecule has 0 unspecified atom stereocenters. The van der Waals surface area contributed by atoms with Crippen molar-refractivity contribution in [2.45, 2.75) is 32.1 Å². The Kier molecular flexibility index (Phi) is 3.88. The summed E-state index contributed by atoms with van der Waals surface area (Å²) in [6.07, 6.45) is 2.75. The number of para-hydroxylation sites is 1. The number of amides is 1. The van der Waals surface area contributed by atoms with Crippen LogP contribution in [0.25, 0.3) is 11.0 Å². The second kappa shape index (κ2) is 5.83. The lowest BCUT2D eigenvalue weighted by Gasteiger charge is -2.36. The van der Waals surface area contributed by atoms with E-state index >= 15 is 0 Å². The predicted octanol–water partition coefficient (Wildman–Crippen LogP) is 2.74. The molecule has 1 aliphatic carbocycles. The molecule has 1 aliphatic rings. The highest BCUT2D eigenvalue weighted by atomic mass is 16.4. The number of carbonyl (C=O) groups is 2. The Morgan fingerprint density at radius 2 is 2.05 bits per heavy atom. The first-order valence-electron chi connectivity index (χ1n) is 7.57. The van der Waals surface area contributed by atoms with Gasteiger partial charge in [0.25, 0.3) is 0 Å². The van der Waals surface area contributed by atoms with Gasteiger partial charge in [-0.15, -0.1) is 0 Å². The molecule has 1 fully saturated rings. The van der Waals surface area contributed by atoms with Crippen molar-refractivity contribution in [3.63, 3.8) is 0 Å². The van der Waals surface area contributed by atoms with Gasteiger partial charge in [-0.1, -0.05) is 24.6 Å². The number of furan rings is 1. The SMILES string of the molecule is O=C(CC1(C(=O)O)CCC1)NCCc1cc2ccccc2o1. The lowest BCUT2D eigenvalue weighted by Crippen LogP contribution is -2.42. The summed E-state index contributed by atoms with van der Waals surface area (Å²) in [7, 11) is 0. The second-order valence-electron chi connectivity index (χ2n) is 5.97. The van der Waals surface area contributed by atoms with Gasteiger partial charge in [-0.3, -0.25) is 9.59 Å². The van der Waals surface area contributed by atoms with Crippen LogP contribution >= 0.6 is 0 Å². The molecule has 0 spiro atoms. The fourth-order valence-corrected chi connectivity index (χ4v) is 2.92. The third kappa shape index (κ3) is 2.84. The zero-order valence-corrected chi connectivity index (χ0v) is 12.3. The molecule has 1 aromatic heterocycles. The molecule has 0 atom stereocenters. The highest BCUT2D eigenvalue weighted by Gasteiger charge is 2.45. The summed E-state index contributed by atoms with van der Waals surface area (Å²) in [5.41, 5.74) is 0.00631. The molecule has 3 rings (SSSR count). The van der Waals surface area contributed by atoms with E-state index in [9.17, 15) is 14.7 Å². The summed E-state index contributed by atoms with van der Waals surface area (Å²) in [5, 5.41) is 13.1. The van der Waals surface area contributed by atoms with Gasteiger partial charge in [-0.25, -0.2) is 0 Å². The van der Waals surface area contributed by atoms with Crippen LogP contribution in [0.4, 0.5) is 0 Å². The van der Waals surface area contributed by atoms with E-state index in [4.69, 9.17) is 4.42 Å². The topological polar surface area (TPSA) is 79.5 Å². The molecule has 1 heterocycles. The average molecular weight is 301 g/mol. The summed E-state index contributed by atoms with van der Waals surface area (Å²) in [4.78, 5) is 23.2. The Morgan fingerprint density at radius 3 is 2.68 bits per heavy atom. The Hall–Kier alpha value is -2.30. The van der Waals surface area contributed by atoms with Crippen LogP contribution in [-0.4, -0.2) is 23.5 Å². The third-order valence-electron chi connectivity index (χ3n) is 4.43. The summed E-state index contributed by atoms with van der Waals surface area (Å²) in [5.74, 6) is -0.234. The molecule has 2 N–H and O–H groups in total. The molecule has 2 aromatic rings. The second-order valence-corrected chi connectivity index (χ2v) is 5.97. The van der Waals surface area contributed by atoms with Gasteiger partial charge >= 0.3 is 5.97 Å². The molecule has 0 bridgehead atoms. The first-order valence-corrected chi connectivity index (χ1v) is 7.57. The number of rotatable bonds is 6. The number of carbonyl (C=O) groups excluding carboxylic acids is 1. The van der Waals surface area contributed by atoms with Crippen molar-refractivity contribution in [2.24, 2.45) is 5.41 Å². The van der Waals surface area contributed by atoms with Gasteiger partial charge in [0, 0.05) is 24.8 Å². The fourth-order valence-electron chi connectivity index (χ4n) is 2.92. The third-order valence-corrected chi connectivity index (χ3v) is 4.43. The minimum Gasteiger partial charge on any atom is -0.481 e. The number of nitrogens with one attached hydrogen (secondary N) is 1. The largest absolute Gasteiger partial charge is 0.481 e. The minimum atomic E-state index is -0.855. The van der Waals surface area contributed by atoms with Gasteiger partial charge in [0.2, 0.25) is 5.91 Å². The highest BCUT2D eigenvalue weighted by molar-refractivity contribution is 5.85. The molecule has 1 amide bonds. The van der Waals surface area contributed by atoms with Crippen LogP contribution in [0.2, 0.25) is 0 Å². The Morgan fingerprint density at radius 1 is 1.27 bits per heavy atom.